The highest BCUT2D eigenvalue weighted by Gasteiger charge is 2.35. The van der Waals surface area contributed by atoms with E-state index < -0.39 is 0 Å². The van der Waals surface area contributed by atoms with Gasteiger partial charge in [0.15, 0.2) is 0 Å². The molecule has 0 aromatic heterocycles. The summed E-state index contributed by atoms with van der Waals surface area (Å²) in [5.74, 6) is 0.285. The third-order valence-corrected chi connectivity index (χ3v) is 4.36. The number of nitrogens with two attached hydrogens (primary N) is 1. The monoisotopic (exact) mass is 226 g/mol. The summed E-state index contributed by atoms with van der Waals surface area (Å²) in [4.78, 5) is 11.8. The van der Waals surface area contributed by atoms with E-state index in [2.05, 4.69) is 19.2 Å². The van der Waals surface area contributed by atoms with E-state index >= 15 is 0 Å². The molecule has 1 aliphatic carbocycles. The van der Waals surface area contributed by atoms with Crippen molar-refractivity contribution in [3.8, 4) is 0 Å². The molecule has 0 spiro atoms. The maximum absolute atomic E-state index is 11.8. The van der Waals surface area contributed by atoms with Gasteiger partial charge in [-0.15, -0.1) is 0 Å². The summed E-state index contributed by atoms with van der Waals surface area (Å²) >= 11 is 0. The zero-order chi connectivity index (χ0) is 12.2. The quantitative estimate of drug-likeness (QED) is 0.728. The van der Waals surface area contributed by atoms with E-state index in [1.807, 2.05) is 6.92 Å². The lowest BCUT2D eigenvalue weighted by molar-refractivity contribution is -0.124. The highest BCUT2D eigenvalue weighted by atomic mass is 16.2. The molecular weight excluding hydrogens is 200 g/mol. The maximum atomic E-state index is 11.8. The number of hydrogen-bond acceptors (Lipinski definition) is 2. The average Bonchev–Trinajstić information content (AvgIpc) is 2.25. The number of hydrogen-bond donors (Lipinski definition) is 2. The van der Waals surface area contributed by atoms with Crippen molar-refractivity contribution >= 4 is 5.91 Å². The van der Waals surface area contributed by atoms with E-state index in [9.17, 15) is 4.79 Å². The Hall–Kier alpha value is -0.570. The Morgan fingerprint density at radius 2 is 2.06 bits per heavy atom. The second-order valence-electron chi connectivity index (χ2n) is 5.34. The molecule has 16 heavy (non-hydrogen) atoms. The molecule has 1 unspecified atom stereocenters. The van der Waals surface area contributed by atoms with Gasteiger partial charge in [-0.1, -0.05) is 33.6 Å². The van der Waals surface area contributed by atoms with Crippen LogP contribution in [0.15, 0.2) is 0 Å². The Morgan fingerprint density at radius 1 is 1.44 bits per heavy atom. The number of rotatable bonds is 6. The van der Waals surface area contributed by atoms with Gasteiger partial charge in [-0.05, 0) is 30.6 Å². The molecule has 3 nitrogen and oxygen atoms in total. The van der Waals surface area contributed by atoms with Gasteiger partial charge in [0.2, 0.25) is 5.91 Å². The van der Waals surface area contributed by atoms with Gasteiger partial charge >= 0.3 is 0 Å². The highest BCUT2D eigenvalue weighted by molar-refractivity contribution is 5.81. The molecule has 0 saturated heterocycles. The standard InChI is InChI=1S/C13H26N2O/c1-4-10(3)11(14)12(16)15-9-13(5-2)7-6-8-13/h10-11H,4-9,14H2,1-3H3,(H,15,16)/t10?,11-/m0/s1. The Kier molecular flexibility index (Phi) is 4.78. The third kappa shape index (κ3) is 2.97. The first-order valence-electron chi connectivity index (χ1n) is 6.58. The maximum Gasteiger partial charge on any atom is 0.237 e. The molecule has 1 aliphatic rings. The van der Waals surface area contributed by atoms with Crippen LogP contribution in [0.25, 0.3) is 0 Å². The fraction of sp³-hybridized carbons (Fsp3) is 0.923. The predicted octanol–water partition coefficient (Wildman–Crippen LogP) is 2.06. The normalized spacial score (nSPS) is 22.0. The summed E-state index contributed by atoms with van der Waals surface area (Å²) < 4.78 is 0. The first-order valence-corrected chi connectivity index (χ1v) is 6.58. The Morgan fingerprint density at radius 3 is 2.44 bits per heavy atom. The van der Waals surface area contributed by atoms with Gasteiger partial charge in [0, 0.05) is 6.54 Å². The van der Waals surface area contributed by atoms with Gasteiger partial charge in [-0.3, -0.25) is 4.79 Å². The number of carbonyl (C=O) groups is 1. The van der Waals surface area contributed by atoms with Crippen LogP contribution in [0.1, 0.15) is 52.9 Å². The van der Waals surface area contributed by atoms with Crippen molar-refractivity contribution in [3.05, 3.63) is 0 Å². The highest BCUT2D eigenvalue weighted by Crippen LogP contribution is 2.43. The largest absolute Gasteiger partial charge is 0.354 e. The summed E-state index contributed by atoms with van der Waals surface area (Å²) in [6.45, 7) is 7.12. The predicted molar refractivity (Wildman–Crippen MR) is 67.0 cm³/mol. The van der Waals surface area contributed by atoms with Crippen molar-refractivity contribution in [1.29, 1.82) is 0 Å². The molecule has 1 rings (SSSR count). The minimum atomic E-state index is -0.348. The van der Waals surface area contributed by atoms with Crippen LogP contribution < -0.4 is 11.1 Å². The zero-order valence-electron chi connectivity index (χ0n) is 10.9. The second-order valence-corrected chi connectivity index (χ2v) is 5.34. The van der Waals surface area contributed by atoms with Gasteiger partial charge < -0.3 is 11.1 Å². The van der Waals surface area contributed by atoms with E-state index in [-0.39, 0.29) is 17.9 Å². The second kappa shape index (κ2) is 5.67. The molecule has 0 aromatic carbocycles. The lowest BCUT2D eigenvalue weighted by Crippen LogP contribution is -2.49. The third-order valence-electron chi connectivity index (χ3n) is 4.36. The molecule has 1 saturated carbocycles. The smallest absolute Gasteiger partial charge is 0.237 e. The minimum absolute atomic E-state index is 0.0223. The van der Waals surface area contributed by atoms with Crippen molar-refractivity contribution in [3.63, 3.8) is 0 Å². The van der Waals surface area contributed by atoms with Gasteiger partial charge in [0.05, 0.1) is 6.04 Å². The van der Waals surface area contributed by atoms with Crippen molar-refractivity contribution in [2.45, 2.75) is 58.9 Å². The molecular formula is C13H26N2O. The Balaban J connectivity index is 2.34. The van der Waals surface area contributed by atoms with Crippen LogP contribution in [-0.2, 0) is 4.79 Å². The summed E-state index contributed by atoms with van der Waals surface area (Å²) in [6, 6.07) is -0.348. The summed E-state index contributed by atoms with van der Waals surface area (Å²) in [5, 5.41) is 3.03. The average molecular weight is 226 g/mol. The molecule has 0 heterocycles. The minimum Gasteiger partial charge on any atom is -0.354 e. The van der Waals surface area contributed by atoms with Crippen LogP contribution >= 0.6 is 0 Å². The molecule has 1 amide bonds. The Bertz CT molecular complexity index is 231. The van der Waals surface area contributed by atoms with Crippen LogP contribution in [0, 0.1) is 11.3 Å². The van der Waals surface area contributed by atoms with Crippen LogP contribution in [0.2, 0.25) is 0 Å². The van der Waals surface area contributed by atoms with Crippen LogP contribution in [-0.4, -0.2) is 18.5 Å². The van der Waals surface area contributed by atoms with Crippen LogP contribution in [0.5, 0.6) is 0 Å². The van der Waals surface area contributed by atoms with E-state index in [1.165, 1.54) is 19.3 Å². The van der Waals surface area contributed by atoms with Gasteiger partial charge in [-0.25, -0.2) is 0 Å². The van der Waals surface area contributed by atoms with E-state index in [0.717, 1.165) is 19.4 Å². The van der Waals surface area contributed by atoms with Crippen molar-refractivity contribution in [2.24, 2.45) is 17.1 Å². The summed E-state index contributed by atoms with van der Waals surface area (Å²) in [7, 11) is 0. The molecule has 94 valence electrons. The summed E-state index contributed by atoms with van der Waals surface area (Å²) in [5.41, 5.74) is 6.27. The molecule has 3 heteroatoms. The van der Waals surface area contributed by atoms with Gasteiger partial charge in [0.1, 0.15) is 0 Å². The first-order chi connectivity index (χ1) is 7.54. The lowest BCUT2D eigenvalue weighted by Gasteiger charge is -2.41. The number of carbonyl (C=O) groups excluding carboxylic acids is 1. The van der Waals surface area contributed by atoms with Gasteiger partial charge in [0.25, 0.3) is 0 Å². The molecule has 2 atom stereocenters. The van der Waals surface area contributed by atoms with Crippen LogP contribution in [0.3, 0.4) is 0 Å². The molecule has 0 aromatic rings. The molecule has 0 radical (unpaired) electrons. The van der Waals surface area contributed by atoms with Crippen molar-refractivity contribution < 1.29 is 4.79 Å². The van der Waals surface area contributed by atoms with E-state index in [1.54, 1.807) is 0 Å². The van der Waals surface area contributed by atoms with Crippen LogP contribution in [0.4, 0.5) is 0 Å². The van der Waals surface area contributed by atoms with E-state index in [4.69, 9.17) is 5.73 Å². The molecule has 3 N–H and O–H groups in total. The van der Waals surface area contributed by atoms with Crippen molar-refractivity contribution in [1.82, 2.24) is 5.32 Å². The Labute approximate surface area is 99.2 Å². The van der Waals surface area contributed by atoms with Crippen molar-refractivity contribution in [2.75, 3.05) is 6.54 Å². The zero-order valence-corrected chi connectivity index (χ0v) is 10.9. The van der Waals surface area contributed by atoms with Gasteiger partial charge in [-0.2, -0.15) is 0 Å². The summed E-state index contributed by atoms with van der Waals surface area (Å²) in [6.07, 6.45) is 5.92. The van der Waals surface area contributed by atoms with E-state index in [0.29, 0.717) is 5.41 Å². The fourth-order valence-corrected chi connectivity index (χ4v) is 2.24. The number of amides is 1. The first kappa shape index (κ1) is 13.5. The number of nitrogens with one attached hydrogen (secondary N) is 1. The topological polar surface area (TPSA) is 55.1 Å². The molecule has 0 bridgehead atoms. The SMILES string of the molecule is CCC(C)[C@H](N)C(=O)NCC1(CC)CCC1. The molecule has 1 fully saturated rings. The fourth-order valence-electron chi connectivity index (χ4n) is 2.24. The lowest BCUT2D eigenvalue weighted by atomic mass is 9.67. The molecule has 0 aliphatic heterocycles.